The number of aromatic nitrogens is 1. The molecule has 0 aliphatic rings. The van der Waals surface area contributed by atoms with Crippen molar-refractivity contribution in [3.05, 3.63) is 51.2 Å². The van der Waals surface area contributed by atoms with Crippen LogP contribution in [0.15, 0.2) is 36.4 Å². The van der Waals surface area contributed by atoms with Crippen LogP contribution in [0.4, 0.5) is 0 Å². The molecule has 2 aromatic rings. The summed E-state index contributed by atoms with van der Waals surface area (Å²) < 4.78 is 6.63. The van der Waals surface area contributed by atoms with Gasteiger partial charge in [0.2, 0.25) is 11.8 Å². The zero-order chi connectivity index (χ0) is 13.1. The molecule has 1 aromatic carbocycles. The number of rotatable bonds is 3. The second kappa shape index (κ2) is 5.34. The van der Waals surface area contributed by atoms with Gasteiger partial charge in [0.05, 0.1) is 3.57 Å². The zero-order valence-electron chi connectivity index (χ0n) is 9.68. The lowest BCUT2D eigenvalue weighted by atomic mass is 10.2. The maximum absolute atomic E-state index is 11.2. The molecular weight excluding hydrogens is 343 g/mol. The number of hydrogen-bond donors (Lipinski definition) is 1. The van der Waals surface area contributed by atoms with E-state index < -0.39 is 5.91 Å². The molecule has 0 saturated carbocycles. The average Bonchev–Trinajstić information content (AvgIpc) is 2.31. The number of primary amides is 1. The van der Waals surface area contributed by atoms with Gasteiger partial charge in [-0.15, -0.1) is 0 Å². The third-order valence-corrected chi connectivity index (χ3v) is 3.16. The first-order valence-corrected chi connectivity index (χ1v) is 6.35. The number of para-hydroxylation sites is 1. The lowest BCUT2D eigenvalue weighted by Crippen LogP contribution is -2.11. The Morgan fingerprint density at radius 3 is 2.72 bits per heavy atom. The van der Waals surface area contributed by atoms with E-state index in [-0.39, 0.29) is 0 Å². The molecule has 1 heterocycles. The van der Waals surface area contributed by atoms with Crippen molar-refractivity contribution in [1.29, 1.82) is 0 Å². The quantitative estimate of drug-likeness (QED) is 0.862. The second-order valence-corrected chi connectivity index (χ2v) is 4.89. The standard InChI is InChI=1S/C13H11IN2O2/c1-8-6-9(13(15)17)7-12(16-8)18-11-5-3-2-4-10(11)14/h2-7H,1H3,(H2,15,17). The molecule has 1 aromatic heterocycles. The van der Waals surface area contributed by atoms with Crippen LogP contribution in [-0.2, 0) is 0 Å². The number of ether oxygens (including phenoxy) is 1. The molecular formula is C13H11IN2O2. The second-order valence-electron chi connectivity index (χ2n) is 3.73. The Hall–Kier alpha value is -1.63. The van der Waals surface area contributed by atoms with Gasteiger partial charge >= 0.3 is 0 Å². The first-order valence-electron chi connectivity index (χ1n) is 5.27. The number of benzene rings is 1. The molecule has 0 spiro atoms. The topological polar surface area (TPSA) is 65.2 Å². The summed E-state index contributed by atoms with van der Waals surface area (Å²) in [5.41, 5.74) is 6.33. The van der Waals surface area contributed by atoms with Gasteiger partial charge in [-0.1, -0.05) is 12.1 Å². The van der Waals surface area contributed by atoms with Crippen molar-refractivity contribution in [1.82, 2.24) is 4.98 Å². The van der Waals surface area contributed by atoms with Crippen LogP contribution in [0.3, 0.4) is 0 Å². The fourth-order valence-corrected chi connectivity index (χ4v) is 1.97. The molecule has 0 bridgehead atoms. The minimum absolute atomic E-state index is 0.368. The third kappa shape index (κ3) is 2.98. The van der Waals surface area contributed by atoms with Crippen molar-refractivity contribution >= 4 is 28.5 Å². The normalized spacial score (nSPS) is 10.1. The van der Waals surface area contributed by atoms with E-state index >= 15 is 0 Å². The summed E-state index contributed by atoms with van der Waals surface area (Å²) in [5.74, 6) is 0.577. The SMILES string of the molecule is Cc1cc(C(N)=O)cc(Oc2ccccc2I)n1. The molecule has 4 nitrogen and oxygen atoms in total. The molecule has 0 aliphatic heterocycles. The third-order valence-electron chi connectivity index (χ3n) is 2.27. The Balaban J connectivity index is 2.35. The Morgan fingerprint density at radius 2 is 2.06 bits per heavy atom. The molecule has 0 unspecified atom stereocenters. The van der Waals surface area contributed by atoms with E-state index in [4.69, 9.17) is 10.5 Å². The summed E-state index contributed by atoms with van der Waals surface area (Å²) in [7, 11) is 0. The van der Waals surface area contributed by atoms with Crippen LogP contribution in [0.2, 0.25) is 0 Å². The number of aryl methyl sites for hydroxylation is 1. The molecule has 1 amide bonds. The lowest BCUT2D eigenvalue weighted by Gasteiger charge is -2.08. The van der Waals surface area contributed by atoms with Crippen LogP contribution >= 0.6 is 22.6 Å². The Kier molecular flexibility index (Phi) is 3.81. The van der Waals surface area contributed by atoms with Gasteiger partial charge in [-0.2, -0.15) is 0 Å². The van der Waals surface area contributed by atoms with Gasteiger partial charge in [0, 0.05) is 17.3 Å². The number of amides is 1. The van der Waals surface area contributed by atoms with Gasteiger partial charge < -0.3 is 10.5 Å². The maximum Gasteiger partial charge on any atom is 0.248 e. The Labute approximate surface area is 118 Å². The number of pyridine rings is 1. The van der Waals surface area contributed by atoms with Gasteiger partial charge in [-0.25, -0.2) is 4.98 Å². The van der Waals surface area contributed by atoms with Crippen molar-refractivity contribution < 1.29 is 9.53 Å². The summed E-state index contributed by atoms with van der Waals surface area (Å²) in [5, 5.41) is 0. The summed E-state index contributed by atoms with van der Waals surface area (Å²) in [6, 6.07) is 10.7. The number of carbonyl (C=O) groups excluding carboxylic acids is 1. The zero-order valence-corrected chi connectivity index (χ0v) is 11.8. The Bertz CT molecular complexity index is 599. The molecule has 2 rings (SSSR count). The fraction of sp³-hybridized carbons (Fsp3) is 0.0769. The number of carbonyl (C=O) groups is 1. The highest BCUT2D eigenvalue weighted by Gasteiger charge is 2.08. The number of nitrogens with zero attached hydrogens (tertiary/aromatic N) is 1. The van der Waals surface area contributed by atoms with E-state index in [9.17, 15) is 4.79 Å². The highest BCUT2D eigenvalue weighted by molar-refractivity contribution is 14.1. The number of halogens is 1. The van der Waals surface area contributed by atoms with Crippen LogP contribution < -0.4 is 10.5 Å². The molecule has 0 aliphatic carbocycles. The highest BCUT2D eigenvalue weighted by Crippen LogP contribution is 2.25. The maximum atomic E-state index is 11.2. The molecule has 0 radical (unpaired) electrons. The van der Waals surface area contributed by atoms with Crippen LogP contribution in [0.5, 0.6) is 11.6 Å². The molecule has 92 valence electrons. The van der Waals surface area contributed by atoms with Crippen molar-refractivity contribution in [3.8, 4) is 11.6 Å². The predicted molar refractivity (Wildman–Crippen MR) is 76.7 cm³/mol. The monoisotopic (exact) mass is 354 g/mol. The summed E-state index contributed by atoms with van der Waals surface area (Å²) >= 11 is 2.17. The van der Waals surface area contributed by atoms with Gasteiger partial charge in [-0.05, 0) is 47.7 Å². The minimum Gasteiger partial charge on any atom is -0.438 e. The first kappa shape index (κ1) is 12.8. The number of nitrogens with two attached hydrogens (primary N) is 1. The van der Waals surface area contributed by atoms with E-state index in [1.54, 1.807) is 19.1 Å². The van der Waals surface area contributed by atoms with Crippen molar-refractivity contribution in [2.24, 2.45) is 5.73 Å². The minimum atomic E-state index is -0.492. The van der Waals surface area contributed by atoms with Crippen molar-refractivity contribution in [2.75, 3.05) is 0 Å². The van der Waals surface area contributed by atoms with Gasteiger partial charge in [-0.3, -0.25) is 4.79 Å². The largest absolute Gasteiger partial charge is 0.438 e. The molecule has 0 atom stereocenters. The molecule has 18 heavy (non-hydrogen) atoms. The van der Waals surface area contributed by atoms with E-state index in [0.717, 1.165) is 3.57 Å². The summed E-state index contributed by atoms with van der Waals surface area (Å²) in [6.45, 7) is 1.79. The van der Waals surface area contributed by atoms with Gasteiger partial charge in [0.1, 0.15) is 5.75 Å². The molecule has 0 saturated heterocycles. The van der Waals surface area contributed by atoms with Crippen LogP contribution in [0.25, 0.3) is 0 Å². The van der Waals surface area contributed by atoms with Crippen molar-refractivity contribution in [3.63, 3.8) is 0 Å². The van der Waals surface area contributed by atoms with Crippen LogP contribution in [0, 0.1) is 10.5 Å². The summed E-state index contributed by atoms with van der Waals surface area (Å²) in [6.07, 6.45) is 0. The average molecular weight is 354 g/mol. The molecule has 0 fully saturated rings. The van der Waals surface area contributed by atoms with Gasteiger partial charge in [0.25, 0.3) is 0 Å². The molecule has 5 heteroatoms. The smallest absolute Gasteiger partial charge is 0.248 e. The summed E-state index contributed by atoms with van der Waals surface area (Å²) in [4.78, 5) is 15.4. The van der Waals surface area contributed by atoms with Crippen LogP contribution in [-0.4, -0.2) is 10.9 Å². The van der Waals surface area contributed by atoms with Crippen LogP contribution in [0.1, 0.15) is 16.1 Å². The van der Waals surface area contributed by atoms with Crippen molar-refractivity contribution in [2.45, 2.75) is 6.92 Å². The number of hydrogen-bond acceptors (Lipinski definition) is 3. The van der Waals surface area contributed by atoms with E-state index in [2.05, 4.69) is 27.6 Å². The Morgan fingerprint density at radius 1 is 1.33 bits per heavy atom. The van der Waals surface area contributed by atoms with E-state index in [1.165, 1.54) is 0 Å². The molecule has 2 N–H and O–H groups in total. The predicted octanol–water partition coefficient (Wildman–Crippen LogP) is 2.89. The van der Waals surface area contributed by atoms with Gasteiger partial charge in [0.15, 0.2) is 0 Å². The van der Waals surface area contributed by atoms with E-state index in [0.29, 0.717) is 22.9 Å². The van der Waals surface area contributed by atoms with E-state index in [1.807, 2.05) is 24.3 Å². The fourth-order valence-electron chi connectivity index (χ4n) is 1.47. The highest BCUT2D eigenvalue weighted by atomic mass is 127. The lowest BCUT2D eigenvalue weighted by molar-refractivity contribution is 0.0999. The first-order chi connectivity index (χ1) is 8.56.